The maximum absolute atomic E-state index is 13.6. The van der Waals surface area contributed by atoms with Crippen LogP contribution in [-0.4, -0.2) is 27.9 Å². The number of nitro benzene ring substituents is 1. The Morgan fingerprint density at radius 3 is 2.72 bits per heavy atom. The number of fused-ring (bicyclic) bond motifs is 2. The number of aromatic nitrogens is 2. The first-order valence-electron chi connectivity index (χ1n) is 12.8. The molecule has 12 heteroatoms. The zero-order valence-electron chi connectivity index (χ0n) is 22.4. The van der Waals surface area contributed by atoms with E-state index in [2.05, 4.69) is 21.0 Å². The third kappa shape index (κ3) is 5.72. The molecule has 0 saturated carbocycles. The van der Waals surface area contributed by atoms with Gasteiger partial charge in [-0.3, -0.25) is 14.9 Å². The van der Waals surface area contributed by atoms with Crippen molar-refractivity contribution in [2.24, 2.45) is 5.10 Å². The molecule has 0 fully saturated rings. The van der Waals surface area contributed by atoms with Gasteiger partial charge in [0.2, 0.25) is 5.82 Å². The van der Waals surface area contributed by atoms with E-state index in [9.17, 15) is 14.9 Å². The molecule has 10 nitrogen and oxygen atoms in total. The van der Waals surface area contributed by atoms with Crippen molar-refractivity contribution in [2.45, 2.75) is 6.61 Å². The van der Waals surface area contributed by atoms with Crippen LogP contribution in [0, 0.1) is 10.1 Å². The first-order chi connectivity index (χ1) is 20.8. The number of hydrogen-bond acceptors (Lipinski definition) is 8. The number of benzene rings is 4. The van der Waals surface area contributed by atoms with Gasteiger partial charge in [-0.25, -0.2) is 4.98 Å². The smallest absolute Gasteiger partial charge is 0.282 e. The van der Waals surface area contributed by atoms with Gasteiger partial charge in [0.05, 0.1) is 29.2 Å². The molecule has 0 bridgehead atoms. The quantitative estimate of drug-likeness (QED) is 0.0937. The average molecular weight is 660 g/mol. The van der Waals surface area contributed by atoms with Crippen LogP contribution in [-0.2, 0) is 6.61 Å². The van der Waals surface area contributed by atoms with Crippen LogP contribution in [0.25, 0.3) is 33.5 Å². The van der Waals surface area contributed by atoms with Crippen LogP contribution >= 0.6 is 27.5 Å². The van der Waals surface area contributed by atoms with E-state index < -0.39 is 4.92 Å². The number of nitro groups is 1. The van der Waals surface area contributed by atoms with E-state index in [0.29, 0.717) is 54.4 Å². The number of furan rings is 1. The highest BCUT2D eigenvalue weighted by Crippen LogP contribution is 2.34. The number of nitrogens with zero attached hydrogens (tertiary/aromatic N) is 4. The highest BCUT2D eigenvalue weighted by molar-refractivity contribution is 9.10. The summed E-state index contributed by atoms with van der Waals surface area (Å²) >= 11 is 9.70. The van der Waals surface area contributed by atoms with Crippen LogP contribution in [0.2, 0.25) is 5.02 Å². The zero-order valence-corrected chi connectivity index (χ0v) is 24.7. The number of non-ortho nitro benzene ring substituents is 1. The Hall–Kier alpha value is -5.00. The lowest BCUT2D eigenvalue weighted by atomic mass is 10.2. The van der Waals surface area contributed by atoms with Crippen molar-refractivity contribution in [3.8, 4) is 23.1 Å². The molecule has 214 valence electrons. The number of ether oxygens (including phenoxy) is 2. The Balaban J connectivity index is 1.37. The van der Waals surface area contributed by atoms with Crippen molar-refractivity contribution in [2.75, 3.05) is 7.11 Å². The predicted octanol–water partition coefficient (Wildman–Crippen LogP) is 7.60. The molecule has 0 amide bonds. The molecule has 0 N–H and O–H groups in total. The van der Waals surface area contributed by atoms with E-state index in [1.54, 1.807) is 72.8 Å². The van der Waals surface area contributed by atoms with Crippen LogP contribution in [0.4, 0.5) is 5.69 Å². The summed E-state index contributed by atoms with van der Waals surface area (Å²) in [4.78, 5) is 29.0. The molecule has 6 rings (SSSR count). The van der Waals surface area contributed by atoms with Gasteiger partial charge >= 0.3 is 0 Å². The third-order valence-corrected chi connectivity index (χ3v) is 7.49. The lowest BCUT2D eigenvalue weighted by Gasteiger charge is -2.13. The van der Waals surface area contributed by atoms with Crippen LogP contribution < -0.4 is 15.0 Å². The molecular formula is C31H20BrClN4O6. The maximum atomic E-state index is 13.6. The van der Waals surface area contributed by atoms with Gasteiger partial charge in [0.25, 0.3) is 11.2 Å². The van der Waals surface area contributed by atoms with Crippen molar-refractivity contribution in [3.05, 3.63) is 126 Å². The molecule has 0 spiro atoms. The van der Waals surface area contributed by atoms with E-state index in [1.165, 1.54) is 30.1 Å². The molecule has 2 aromatic heterocycles. The fourth-order valence-corrected chi connectivity index (χ4v) is 5.08. The second-order valence-corrected chi connectivity index (χ2v) is 10.6. The van der Waals surface area contributed by atoms with Gasteiger partial charge in [-0.1, -0.05) is 35.9 Å². The largest absolute Gasteiger partial charge is 0.493 e. The van der Waals surface area contributed by atoms with Crippen LogP contribution in [0.3, 0.4) is 0 Å². The molecule has 4 aromatic carbocycles. The standard InChI is InChI=1S/C31H20BrClN4O6/c1-41-27-14-20(24(32)15-28(27)42-17-18-5-4-6-22(11-18)37(39)40)16-34-36-30(35-25-8-3-2-7-23(25)31(36)38)29-13-19-12-21(33)9-10-26(19)43-29/h2-16H,17H2,1H3. The van der Waals surface area contributed by atoms with Gasteiger partial charge in [0.15, 0.2) is 17.3 Å². The van der Waals surface area contributed by atoms with Gasteiger partial charge in [-0.05, 0) is 70.0 Å². The van der Waals surface area contributed by atoms with Gasteiger partial charge in [0, 0.05) is 32.6 Å². The van der Waals surface area contributed by atoms with E-state index in [4.69, 9.17) is 30.5 Å². The maximum Gasteiger partial charge on any atom is 0.282 e. The molecule has 0 radical (unpaired) electrons. The number of hydrogen-bond donors (Lipinski definition) is 0. The summed E-state index contributed by atoms with van der Waals surface area (Å²) in [6.07, 6.45) is 1.50. The molecule has 0 unspecified atom stereocenters. The zero-order chi connectivity index (χ0) is 30.1. The number of methoxy groups -OCH3 is 1. The summed E-state index contributed by atoms with van der Waals surface area (Å²) in [7, 11) is 1.49. The Labute approximate surface area is 257 Å². The van der Waals surface area contributed by atoms with Crippen molar-refractivity contribution in [1.29, 1.82) is 0 Å². The second-order valence-electron chi connectivity index (χ2n) is 9.35. The van der Waals surface area contributed by atoms with E-state index in [1.807, 2.05) is 0 Å². The molecule has 0 saturated heterocycles. The fourth-order valence-electron chi connectivity index (χ4n) is 4.48. The number of para-hydroxylation sites is 1. The molecule has 0 atom stereocenters. The second kappa shape index (κ2) is 11.7. The van der Waals surface area contributed by atoms with Crippen molar-refractivity contribution in [1.82, 2.24) is 9.66 Å². The third-order valence-electron chi connectivity index (χ3n) is 6.56. The number of rotatable bonds is 8. The topological polar surface area (TPSA) is 122 Å². The Bertz CT molecular complexity index is 2120. The molecule has 0 aliphatic carbocycles. The molecule has 43 heavy (non-hydrogen) atoms. The fraction of sp³-hybridized carbons (Fsp3) is 0.0645. The Kier molecular flexibility index (Phi) is 7.66. The summed E-state index contributed by atoms with van der Waals surface area (Å²) in [5.41, 5.74) is 1.90. The summed E-state index contributed by atoms with van der Waals surface area (Å²) < 4.78 is 19.3. The van der Waals surface area contributed by atoms with E-state index in [-0.39, 0.29) is 23.7 Å². The molecule has 2 heterocycles. The van der Waals surface area contributed by atoms with Crippen molar-refractivity contribution in [3.63, 3.8) is 0 Å². The minimum Gasteiger partial charge on any atom is -0.493 e. The highest BCUT2D eigenvalue weighted by atomic mass is 79.9. The SMILES string of the molecule is COc1cc(C=Nn2c(-c3cc4cc(Cl)ccc4o3)nc3ccccc3c2=O)c(Br)cc1OCc1cccc([N+](=O)[O-])c1. The summed E-state index contributed by atoms with van der Waals surface area (Å²) in [6, 6.07) is 23.6. The van der Waals surface area contributed by atoms with Gasteiger partial charge in [-0.2, -0.15) is 9.78 Å². The van der Waals surface area contributed by atoms with Crippen molar-refractivity contribution < 1.29 is 18.8 Å². The van der Waals surface area contributed by atoms with Crippen LogP contribution in [0.1, 0.15) is 11.1 Å². The molecular weight excluding hydrogens is 640 g/mol. The number of halogens is 2. The summed E-state index contributed by atoms with van der Waals surface area (Å²) in [5.74, 6) is 1.36. The van der Waals surface area contributed by atoms with Crippen molar-refractivity contribution >= 4 is 61.3 Å². The highest BCUT2D eigenvalue weighted by Gasteiger charge is 2.17. The van der Waals surface area contributed by atoms with E-state index >= 15 is 0 Å². The normalized spacial score (nSPS) is 11.4. The first-order valence-corrected chi connectivity index (χ1v) is 14.0. The first kappa shape index (κ1) is 28.1. The van der Waals surface area contributed by atoms with E-state index in [0.717, 1.165) is 5.39 Å². The lowest BCUT2D eigenvalue weighted by molar-refractivity contribution is -0.384. The monoisotopic (exact) mass is 658 g/mol. The summed E-state index contributed by atoms with van der Waals surface area (Å²) in [6.45, 7) is 0.0855. The molecule has 0 aliphatic heterocycles. The Morgan fingerprint density at radius 1 is 1.07 bits per heavy atom. The minimum atomic E-state index is -0.458. The van der Waals surface area contributed by atoms with Gasteiger partial charge < -0.3 is 13.9 Å². The van der Waals surface area contributed by atoms with Gasteiger partial charge in [-0.15, -0.1) is 0 Å². The summed E-state index contributed by atoms with van der Waals surface area (Å²) in [5, 5.41) is 17.3. The average Bonchev–Trinajstić information content (AvgIpc) is 3.43. The molecule has 0 aliphatic rings. The van der Waals surface area contributed by atoms with Gasteiger partial charge in [0.1, 0.15) is 12.2 Å². The van der Waals surface area contributed by atoms with Crippen LogP contribution in [0.15, 0.2) is 104 Å². The molecule has 6 aromatic rings. The Morgan fingerprint density at radius 2 is 1.91 bits per heavy atom. The lowest BCUT2D eigenvalue weighted by Crippen LogP contribution is -2.20. The van der Waals surface area contributed by atoms with Crippen LogP contribution in [0.5, 0.6) is 11.5 Å². The predicted molar refractivity (Wildman–Crippen MR) is 167 cm³/mol. The minimum absolute atomic E-state index is 0.0231.